The standard InChI is InChI=1S/C19H28N4O2S.HI/c1-5-15-13-23-18(26-15)9-11-22-19(20-2)21-10-8-14-6-7-16(24-3)17(12-14)25-4;/h6-7,12-13H,5,8-11H2,1-4H3,(H2,20,21,22);1H. The van der Waals surface area contributed by atoms with Gasteiger partial charge in [0.1, 0.15) is 0 Å². The molecule has 0 amide bonds. The fraction of sp³-hybridized carbons (Fsp3) is 0.474. The normalized spacial score (nSPS) is 10.9. The van der Waals surface area contributed by atoms with Crippen LogP contribution in [0, 0.1) is 0 Å². The largest absolute Gasteiger partial charge is 0.493 e. The molecule has 0 saturated heterocycles. The van der Waals surface area contributed by atoms with Gasteiger partial charge in [0.15, 0.2) is 17.5 Å². The molecule has 2 N–H and O–H groups in total. The predicted molar refractivity (Wildman–Crippen MR) is 123 cm³/mol. The van der Waals surface area contributed by atoms with Crippen molar-refractivity contribution in [3.05, 3.63) is 39.8 Å². The molecule has 2 rings (SSSR count). The van der Waals surface area contributed by atoms with Gasteiger partial charge in [0.05, 0.1) is 19.2 Å². The summed E-state index contributed by atoms with van der Waals surface area (Å²) in [6.07, 6.45) is 4.79. The number of thiazole rings is 1. The average molecular weight is 504 g/mol. The lowest BCUT2D eigenvalue weighted by Crippen LogP contribution is -2.39. The van der Waals surface area contributed by atoms with Gasteiger partial charge in [-0.15, -0.1) is 35.3 Å². The first-order valence-corrected chi connectivity index (χ1v) is 9.60. The van der Waals surface area contributed by atoms with E-state index in [2.05, 4.69) is 27.5 Å². The molecule has 0 aliphatic carbocycles. The number of aryl methyl sites for hydroxylation is 1. The molecule has 1 aromatic heterocycles. The molecule has 0 unspecified atom stereocenters. The lowest BCUT2D eigenvalue weighted by Gasteiger charge is -2.12. The predicted octanol–water partition coefficient (Wildman–Crippen LogP) is 3.29. The highest BCUT2D eigenvalue weighted by molar-refractivity contribution is 14.0. The number of aromatic nitrogens is 1. The lowest BCUT2D eigenvalue weighted by molar-refractivity contribution is 0.354. The summed E-state index contributed by atoms with van der Waals surface area (Å²) in [5.41, 5.74) is 1.18. The smallest absolute Gasteiger partial charge is 0.191 e. The maximum Gasteiger partial charge on any atom is 0.191 e. The third kappa shape index (κ3) is 7.53. The summed E-state index contributed by atoms with van der Waals surface area (Å²) < 4.78 is 10.6. The van der Waals surface area contributed by atoms with Gasteiger partial charge in [0, 0.05) is 37.6 Å². The summed E-state index contributed by atoms with van der Waals surface area (Å²) in [5, 5.41) is 7.83. The fourth-order valence-electron chi connectivity index (χ4n) is 2.50. The van der Waals surface area contributed by atoms with Gasteiger partial charge in [0.2, 0.25) is 0 Å². The second kappa shape index (κ2) is 12.8. The summed E-state index contributed by atoms with van der Waals surface area (Å²) in [7, 11) is 5.07. The van der Waals surface area contributed by atoms with Gasteiger partial charge in [-0.2, -0.15) is 0 Å². The van der Waals surface area contributed by atoms with Gasteiger partial charge in [-0.3, -0.25) is 4.99 Å². The topological polar surface area (TPSA) is 67.8 Å². The van der Waals surface area contributed by atoms with Gasteiger partial charge >= 0.3 is 0 Å². The van der Waals surface area contributed by atoms with Crippen LogP contribution in [0.25, 0.3) is 0 Å². The van der Waals surface area contributed by atoms with Crippen LogP contribution in [0.4, 0.5) is 0 Å². The first kappa shape index (κ1) is 23.5. The van der Waals surface area contributed by atoms with Crippen molar-refractivity contribution in [3.63, 3.8) is 0 Å². The van der Waals surface area contributed by atoms with Crippen LogP contribution < -0.4 is 20.1 Å². The van der Waals surface area contributed by atoms with E-state index in [1.165, 1.54) is 10.4 Å². The minimum Gasteiger partial charge on any atom is -0.493 e. The van der Waals surface area contributed by atoms with E-state index >= 15 is 0 Å². The Morgan fingerprint density at radius 3 is 2.41 bits per heavy atom. The fourth-order valence-corrected chi connectivity index (χ4v) is 3.36. The second-order valence-corrected chi connectivity index (χ2v) is 6.89. The Kier molecular flexibility index (Phi) is 11.1. The SMILES string of the molecule is CCc1cnc(CCNC(=NC)NCCc2ccc(OC)c(OC)c2)s1.I. The van der Waals surface area contributed by atoms with E-state index in [-0.39, 0.29) is 24.0 Å². The Morgan fingerprint density at radius 1 is 1.11 bits per heavy atom. The van der Waals surface area contributed by atoms with E-state index in [0.717, 1.165) is 54.8 Å². The zero-order chi connectivity index (χ0) is 18.8. The molecule has 0 radical (unpaired) electrons. The van der Waals surface area contributed by atoms with E-state index in [4.69, 9.17) is 9.47 Å². The number of aliphatic imine (C=N–C) groups is 1. The van der Waals surface area contributed by atoms with Crippen LogP contribution in [0.2, 0.25) is 0 Å². The van der Waals surface area contributed by atoms with E-state index in [0.29, 0.717) is 0 Å². The number of hydrogen-bond donors (Lipinski definition) is 2. The van der Waals surface area contributed by atoms with Crippen molar-refractivity contribution in [3.8, 4) is 11.5 Å². The van der Waals surface area contributed by atoms with Crippen molar-refractivity contribution in [1.82, 2.24) is 15.6 Å². The number of hydrogen-bond acceptors (Lipinski definition) is 5. The minimum absolute atomic E-state index is 0. The minimum atomic E-state index is 0. The van der Waals surface area contributed by atoms with Gasteiger partial charge < -0.3 is 20.1 Å². The number of nitrogens with zero attached hydrogens (tertiary/aromatic N) is 2. The molecular formula is C19H29IN4O2S. The highest BCUT2D eigenvalue weighted by Crippen LogP contribution is 2.27. The zero-order valence-electron chi connectivity index (χ0n) is 16.4. The maximum atomic E-state index is 5.34. The number of nitrogens with one attached hydrogen (secondary N) is 2. The Bertz CT molecular complexity index is 721. The molecule has 0 bridgehead atoms. The number of methoxy groups -OCH3 is 2. The van der Waals surface area contributed by atoms with E-state index < -0.39 is 0 Å². The summed E-state index contributed by atoms with van der Waals surface area (Å²) >= 11 is 1.78. The molecule has 1 heterocycles. The van der Waals surface area contributed by atoms with Crippen LogP contribution in [0.3, 0.4) is 0 Å². The lowest BCUT2D eigenvalue weighted by atomic mass is 10.1. The van der Waals surface area contributed by atoms with Crippen molar-refractivity contribution in [1.29, 1.82) is 0 Å². The van der Waals surface area contributed by atoms with Crippen LogP contribution in [0.15, 0.2) is 29.4 Å². The molecule has 0 fully saturated rings. The number of guanidine groups is 1. The quantitative estimate of drug-likeness (QED) is 0.312. The Labute approximate surface area is 182 Å². The second-order valence-electron chi connectivity index (χ2n) is 5.69. The van der Waals surface area contributed by atoms with Crippen LogP contribution >= 0.6 is 35.3 Å². The molecule has 0 spiro atoms. The van der Waals surface area contributed by atoms with Crippen LogP contribution in [-0.2, 0) is 19.3 Å². The van der Waals surface area contributed by atoms with Gasteiger partial charge in [0.25, 0.3) is 0 Å². The first-order chi connectivity index (χ1) is 12.7. The third-order valence-electron chi connectivity index (χ3n) is 3.96. The molecule has 2 aromatic rings. The van der Waals surface area contributed by atoms with Crippen LogP contribution in [0.1, 0.15) is 22.4 Å². The van der Waals surface area contributed by atoms with Gasteiger partial charge in [-0.1, -0.05) is 13.0 Å². The number of rotatable bonds is 9. The molecule has 8 heteroatoms. The van der Waals surface area contributed by atoms with E-state index in [9.17, 15) is 0 Å². The first-order valence-electron chi connectivity index (χ1n) is 8.79. The molecule has 27 heavy (non-hydrogen) atoms. The van der Waals surface area contributed by atoms with Crippen LogP contribution in [-0.4, -0.2) is 45.3 Å². The Balaban J connectivity index is 0.00000364. The highest BCUT2D eigenvalue weighted by Gasteiger charge is 2.05. The summed E-state index contributed by atoms with van der Waals surface area (Å²) in [6.45, 7) is 3.75. The van der Waals surface area contributed by atoms with Crippen LogP contribution in [0.5, 0.6) is 11.5 Å². The molecule has 150 valence electrons. The molecule has 0 aliphatic rings. The summed E-state index contributed by atoms with van der Waals surface area (Å²) in [4.78, 5) is 10.0. The zero-order valence-corrected chi connectivity index (χ0v) is 19.5. The van der Waals surface area contributed by atoms with Crippen molar-refractivity contribution >= 4 is 41.3 Å². The Morgan fingerprint density at radius 2 is 1.81 bits per heavy atom. The maximum absolute atomic E-state index is 5.34. The summed E-state index contributed by atoms with van der Waals surface area (Å²) in [6, 6.07) is 5.98. The van der Waals surface area contributed by atoms with E-state index in [1.807, 2.05) is 24.4 Å². The Hall–Kier alpha value is -1.55. The van der Waals surface area contributed by atoms with Gasteiger partial charge in [-0.05, 0) is 30.5 Å². The highest BCUT2D eigenvalue weighted by atomic mass is 127. The molecule has 1 aromatic carbocycles. The number of halogens is 1. The molecule has 0 atom stereocenters. The third-order valence-corrected chi connectivity index (χ3v) is 5.16. The van der Waals surface area contributed by atoms with Gasteiger partial charge in [-0.25, -0.2) is 4.98 Å². The average Bonchev–Trinajstić information content (AvgIpc) is 3.14. The van der Waals surface area contributed by atoms with Crippen molar-refractivity contribution < 1.29 is 9.47 Å². The molecule has 0 aliphatic heterocycles. The molecule has 0 saturated carbocycles. The van der Waals surface area contributed by atoms with Crippen molar-refractivity contribution in [2.75, 3.05) is 34.4 Å². The summed E-state index contributed by atoms with van der Waals surface area (Å²) in [5.74, 6) is 2.30. The van der Waals surface area contributed by atoms with Crippen molar-refractivity contribution in [2.45, 2.75) is 26.2 Å². The number of benzene rings is 1. The monoisotopic (exact) mass is 504 g/mol. The number of ether oxygens (including phenoxy) is 2. The molecular weight excluding hydrogens is 475 g/mol. The van der Waals surface area contributed by atoms with E-state index in [1.54, 1.807) is 32.6 Å². The molecule has 6 nitrogen and oxygen atoms in total. The van der Waals surface area contributed by atoms with Crippen molar-refractivity contribution in [2.24, 2.45) is 4.99 Å².